The molecule has 1 unspecified atom stereocenters. The molecule has 1 rings (SSSR count). The number of nitrogens with one attached hydrogen (secondary N) is 1. The number of carbonyl (C=O) groups is 2. The van der Waals surface area contributed by atoms with Crippen molar-refractivity contribution >= 4 is 11.8 Å². The van der Waals surface area contributed by atoms with Gasteiger partial charge in [0.05, 0.1) is 12.5 Å². The Morgan fingerprint density at radius 3 is 2.82 bits per heavy atom. The average Bonchev–Trinajstić information content (AvgIpc) is 2.35. The van der Waals surface area contributed by atoms with E-state index >= 15 is 0 Å². The maximum atomic E-state index is 12.1. The van der Waals surface area contributed by atoms with Gasteiger partial charge < -0.3 is 15.0 Å². The van der Waals surface area contributed by atoms with Crippen LogP contribution >= 0.6 is 0 Å². The van der Waals surface area contributed by atoms with Crippen LogP contribution in [0, 0.1) is 5.92 Å². The zero-order chi connectivity index (χ0) is 12.7. The Hall–Kier alpha value is -1.10. The minimum atomic E-state index is -0.0609. The molecular formula is C12H22N2O3. The second-order valence-electron chi connectivity index (χ2n) is 4.15. The molecule has 1 heterocycles. The van der Waals surface area contributed by atoms with Crippen LogP contribution < -0.4 is 5.32 Å². The van der Waals surface area contributed by atoms with Crippen molar-refractivity contribution in [1.82, 2.24) is 10.2 Å². The molecule has 98 valence electrons. The molecule has 0 aromatic rings. The lowest BCUT2D eigenvalue weighted by Gasteiger charge is -2.28. The van der Waals surface area contributed by atoms with Crippen molar-refractivity contribution in [2.45, 2.75) is 26.7 Å². The Morgan fingerprint density at radius 1 is 1.53 bits per heavy atom. The fourth-order valence-electron chi connectivity index (χ4n) is 1.95. The van der Waals surface area contributed by atoms with Gasteiger partial charge in [-0.05, 0) is 20.3 Å². The molecule has 1 aliphatic rings. The van der Waals surface area contributed by atoms with Gasteiger partial charge in [0.15, 0.2) is 0 Å². The molecule has 5 nitrogen and oxygen atoms in total. The highest BCUT2D eigenvalue weighted by Gasteiger charge is 2.27. The molecule has 5 heteroatoms. The number of piperidine rings is 1. The second kappa shape index (κ2) is 7.27. The maximum Gasteiger partial charge on any atom is 0.227 e. The minimum absolute atomic E-state index is 0.0476. The van der Waals surface area contributed by atoms with Crippen molar-refractivity contribution in [3.8, 4) is 0 Å². The summed E-state index contributed by atoms with van der Waals surface area (Å²) in [5.41, 5.74) is 0. The lowest BCUT2D eigenvalue weighted by molar-refractivity contribution is -0.138. The number of nitrogens with zero attached hydrogens (tertiary/aromatic N) is 1. The Labute approximate surface area is 102 Å². The van der Waals surface area contributed by atoms with Gasteiger partial charge in [-0.3, -0.25) is 9.59 Å². The van der Waals surface area contributed by atoms with Crippen molar-refractivity contribution in [1.29, 1.82) is 0 Å². The van der Waals surface area contributed by atoms with E-state index in [1.165, 1.54) is 0 Å². The third-order valence-corrected chi connectivity index (χ3v) is 3.02. The van der Waals surface area contributed by atoms with Crippen LogP contribution in [0.3, 0.4) is 0 Å². The number of ether oxygens (including phenoxy) is 1. The van der Waals surface area contributed by atoms with E-state index in [1.54, 1.807) is 4.90 Å². The molecule has 0 spiro atoms. The van der Waals surface area contributed by atoms with E-state index in [2.05, 4.69) is 5.32 Å². The first-order valence-electron chi connectivity index (χ1n) is 6.32. The molecule has 1 N–H and O–H groups in total. The smallest absolute Gasteiger partial charge is 0.227 e. The third kappa shape index (κ3) is 4.34. The molecule has 0 radical (unpaired) electrons. The van der Waals surface area contributed by atoms with E-state index in [-0.39, 0.29) is 17.7 Å². The Balaban J connectivity index is 2.39. The molecule has 0 aromatic heterocycles. The largest absolute Gasteiger partial charge is 0.380 e. The highest BCUT2D eigenvalue weighted by molar-refractivity contribution is 5.83. The van der Waals surface area contributed by atoms with Crippen LogP contribution in [0.5, 0.6) is 0 Å². The summed E-state index contributed by atoms with van der Waals surface area (Å²) in [5.74, 6) is 0.118. The van der Waals surface area contributed by atoms with Crippen LogP contribution in [0.25, 0.3) is 0 Å². The van der Waals surface area contributed by atoms with Crippen LogP contribution in [0.2, 0.25) is 0 Å². The summed E-state index contributed by atoms with van der Waals surface area (Å²) < 4.78 is 5.26. The predicted octanol–water partition coefficient (Wildman–Crippen LogP) is 0.398. The molecule has 1 saturated heterocycles. The normalized spacial score (nSPS) is 19.9. The maximum absolute atomic E-state index is 12.1. The first kappa shape index (κ1) is 14.0. The Kier molecular flexibility index (Phi) is 5.97. The summed E-state index contributed by atoms with van der Waals surface area (Å²) in [7, 11) is 0. The minimum Gasteiger partial charge on any atom is -0.380 e. The van der Waals surface area contributed by atoms with Crippen LogP contribution in [-0.2, 0) is 14.3 Å². The van der Waals surface area contributed by atoms with Crippen LogP contribution in [0.15, 0.2) is 0 Å². The van der Waals surface area contributed by atoms with Gasteiger partial charge in [0, 0.05) is 32.7 Å². The van der Waals surface area contributed by atoms with Gasteiger partial charge in [-0.15, -0.1) is 0 Å². The van der Waals surface area contributed by atoms with Crippen molar-refractivity contribution in [3.05, 3.63) is 0 Å². The molecule has 2 amide bonds. The summed E-state index contributed by atoms with van der Waals surface area (Å²) in [5, 5.41) is 2.74. The molecule has 0 bridgehead atoms. The summed E-state index contributed by atoms with van der Waals surface area (Å²) in [6.07, 6.45) is 1.12. The Bertz CT molecular complexity index is 258. The lowest BCUT2D eigenvalue weighted by Crippen LogP contribution is -2.45. The number of hydrogen-bond acceptors (Lipinski definition) is 3. The molecule has 0 aromatic carbocycles. The van der Waals surface area contributed by atoms with Crippen molar-refractivity contribution in [2.75, 3.05) is 32.8 Å². The number of rotatable bonds is 6. The van der Waals surface area contributed by atoms with Gasteiger partial charge >= 0.3 is 0 Å². The zero-order valence-corrected chi connectivity index (χ0v) is 10.7. The predicted molar refractivity (Wildman–Crippen MR) is 64.5 cm³/mol. The molecule has 17 heavy (non-hydrogen) atoms. The number of carbonyl (C=O) groups excluding carboxylic acids is 2. The van der Waals surface area contributed by atoms with Gasteiger partial charge in [-0.2, -0.15) is 0 Å². The van der Waals surface area contributed by atoms with E-state index in [1.807, 2.05) is 13.8 Å². The fourth-order valence-corrected chi connectivity index (χ4v) is 1.95. The summed E-state index contributed by atoms with van der Waals surface area (Å²) in [6.45, 7) is 6.95. The average molecular weight is 242 g/mol. The SMILES string of the molecule is CCOCCN(CC)C(=O)C1CCC(=O)NC1. The molecular weight excluding hydrogens is 220 g/mol. The molecule has 0 aliphatic carbocycles. The van der Waals surface area contributed by atoms with E-state index in [0.29, 0.717) is 45.7 Å². The Morgan fingerprint density at radius 2 is 2.29 bits per heavy atom. The van der Waals surface area contributed by atoms with Gasteiger partial charge in [0.1, 0.15) is 0 Å². The quantitative estimate of drug-likeness (QED) is 0.686. The third-order valence-electron chi connectivity index (χ3n) is 3.02. The van der Waals surface area contributed by atoms with Crippen molar-refractivity contribution < 1.29 is 14.3 Å². The van der Waals surface area contributed by atoms with Gasteiger partial charge in [-0.1, -0.05) is 0 Å². The van der Waals surface area contributed by atoms with E-state index in [4.69, 9.17) is 4.74 Å². The van der Waals surface area contributed by atoms with Crippen LogP contribution in [0.1, 0.15) is 26.7 Å². The molecule has 1 aliphatic heterocycles. The second-order valence-corrected chi connectivity index (χ2v) is 4.15. The lowest BCUT2D eigenvalue weighted by atomic mass is 9.97. The molecule has 1 fully saturated rings. The molecule has 1 atom stereocenters. The monoisotopic (exact) mass is 242 g/mol. The van der Waals surface area contributed by atoms with E-state index in [0.717, 1.165) is 0 Å². The number of hydrogen-bond donors (Lipinski definition) is 1. The first-order chi connectivity index (χ1) is 8.19. The van der Waals surface area contributed by atoms with Gasteiger partial charge in [0.2, 0.25) is 11.8 Å². The summed E-state index contributed by atoms with van der Waals surface area (Å²) >= 11 is 0. The van der Waals surface area contributed by atoms with Crippen molar-refractivity contribution in [2.24, 2.45) is 5.92 Å². The van der Waals surface area contributed by atoms with Gasteiger partial charge in [-0.25, -0.2) is 0 Å². The fraction of sp³-hybridized carbons (Fsp3) is 0.833. The van der Waals surface area contributed by atoms with Crippen LogP contribution in [-0.4, -0.2) is 49.6 Å². The summed E-state index contributed by atoms with van der Waals surface area (Å²) in [6, 6.07) is 0. The topological polar surface area (TPSA) is 58.6 Å². The summed E-state index contributed by atoms with van der Waals surface area (Å²) in [4.78, 5) is 25.0. The van der Waals surface area contributed by atoms with Crippen molar-refractivity contribution in [3.63, 3.8) is 0 Å². The zero-order valence-electron chi connectivity index (χ0n) is 10.7. The standard InChI is InChI=1S/C12H22N2O3/c1-3-14(7-8-17-4-2)12(16)10-5-6-11(15)13-9-10/h10H,3-9H2,1-2H3,(H,13,15). The number of likely N-dealkylation sites (N-methyl/N-ethyl adjacent to an activating group) is 1. The van der Waals surface area contributed by atoms with E-state index < -0.39 is 0 Å². The molecule has 0 saturated carbocycles. The number of amides is 2. The van der Waals surface area contributed by atoms with Crippen LogP contribution in [0.4, 0.5) is 0 Å². The highest BCUT2D eigenvalue weighted by Crippen LogP contribution is 2.13. The van der Waals surface area contributed by atoms with E-state index in [9.17, 15) is 9.59 Å². The first-order valence-corrected chi connectivity index (χ1v) is 6.32. The van der Waals surface area contributed by atoms with Gasteiger partial charge in [0.25, 0.3) is 0 Å². The highest BCUT2D eigenvalue weighted by atomic mass is 16.5.